The van der Waals surface area contributed by atoms with Gasteiger partial charge in [0.25, 0.3) is 5.91 Å². The van der Waals surface area contributed by atoms with Crippen molar-refractivity contribution in [2.75, 3.05) is 5.32 Å². The molecule has 0 atom stereocenters. The van der Waals surface area contributed by atoms with Gasteiger partial charge in [0.05, 0.1) is 18.5 Å². The summed E-state index contributed by atoms with van der Waals surface area (Å²) in [7, 11) is 0. The number of carboxylic acid groups (broad SMARTS) is 1. The number of nitrogens with one attached hydrogen (secondary N) is 1. The van der Waals surface area contributed by atoms with E-state index in [1.807, 2.05) is 6.07 Å². The van der Waals surface area contributed by atoms with Crippen molar-refractivity contribution in [2.24, 2.45) is 0 Å². The Labute approximate surface area is 119 Å². The second kappa shape index (κ2) is 6.25. The number of carbonyl (C=O) groups is 2. The van der Waals surface area contributed by atoms with Gasteiger partial charge in [0, 0.05) is 18.1 Å². The van der Waals surface area contributed by atoms with Gasteiger partial charge in [-0.2, -0.15) is 5.26 Å². The highest BCUT2D eigenvalue weighted by molar-refractivity contribution is 6.08. The molecule has 1 N–H and O–H groups in total. The minimum absolute atomic E-state index is 0.271. The quantitative estimate of drug-likeness (QED) is 0.852. The normalized spacial score (nSPS) is 9.67. The molecule has 104 valence electrons. The predicted molar refractivity (Wildman–Crippen MR) is 70.1 cm³/mol. The second-order valence-corrected chi connectivity index (χ2v) is 4.03. The molecule has 0 spiro atoms. The third kappa shape index (κ3) is 3.39. The van der Waals surface area contributed by atoms with Crippen molar-refractivity contribution in [2.45, 2.75) is 6.42 Å². The molecular formula is C14H9N4O3-. The summed E-state index contributed by atoms with van der Waals surface area (Å²) in [5.41, 5.74) is 0.428. The number of nitrogens with zero attached hydrogens (tertiary/aromatic N) is 3. The van der Waals surface area contributed by atoms with Crippen molar-refractivity contribution in [3.8, 4) is 6.07 Å². The molecular weight excluding hydrogens is 272 g/mol. The van der Waals surface area contributed by atoms with E-state index in [-0.39, 0.29) is 12.1 Å². The number of benzene rings is 1. The molecule has 0 fully saturated rings. The van der Waals surface area contributed by atoms with Crippen LogP contribution in [0.25, 0.3) is 0 Å². The lowest BCUT2D eigenvalue weighted by Gasteiger charge is -2.09. The van der Waals surface area contributed by atoms with Gasteiger partial charge in [-0.3, -0.25) is 9.78 Å². The van der Waals surface area contributed by atoms with Crippen molar-refractivity contribution in [3.05, 3.63) is 53.6 Å². The van der Waals surface area contributed by atoms with Crippen LogP contribution in [-0.4, -0.2) is 21.8 Å². The molecule has 2 rings (SSSR count). The first kappa shape index (κ1) is 14.1. The number of rotatable bonds is 4. The topological polar surface area (TPSA) is 119 Å². The Morgan fingerprint density at radius 2 is 1.76 bits per heavy atom. The Morgan fingerprint density at radius 1 is 1.14 bits per heavy atom. The summed E-state index contributed by atoms with van der Waals surface area (Å²) in [6, 6.07) is 8.61. The van der Waals surface area contributed by atoms with Crippen LogP contribution in [0.3, 0.4) is 0 Å². The molecule has 0 saturated heterocycles. The maximum Gasteiger partial charge on any atom is 0.276 e. The van der Waals surface area contributed by atoms with Gasteiger partial charge in [0.2, 0.25) is 0 Å². The molecule has 0 saturated carbocycles. The number of anilines is 1. The van der Waals surface area contributed by atoms with Gasteiger partial charge in [-0.05, 0) is 17.7 Å². The standard InChI is InChI=1S/C14H10N4O3/c15-6-5-9-1-3-10(4-2-9)18-13(19)11-12(14(20)21)17-8-7-16-11/h1-4,7-8H,5H2,(H,18,19)(H,20,21)/p-1. The van der Waals surface area contributed by atoms with Crippen LogP contribution in [-0.2, 0) is 6.42 Å². The first-order valence-electron chi connectivity index (χ1n) is 5.91. The number of nitriles is 1. The average molecular weight is 281 g/mol. The van der Waals surface area contributed by atoms with Crippen molar-refractivity contribution < 1.29 is 14.7 Å². The molecule has 1 aromatic heterocycles. The van der Waals surface area contributed by atoms with E-state index in [0.717, 1.165) is 5.56 Å². The van der Waals surface area contributed by atoms with Gasteiger partial charge in [-0.1, -0.05) is 12.1 Å². The van der Waals surface area contributed by atoms with Crippen LogP contribution in [0.1, 0.15) is 26.5 Å². The van der Waals surface area contributed by atoms with Crippen LogP contribution in [0.2, 0.25) is 0 Å². The third-order valence-electron chi connectivity index (χ3n) is 2.60. The zero-order chi connectivity index (χ0) is 15.2. The Balaban J connectivity index is 2.19. The van der Waals surface area contributed by atoms with E-state index < -0.39 is 17.6 Å². The van der Waals surface area contributed by atoms with Gasteiger partial charge < -0.3 is 15.2 Å². The summed E-state index contributed by atoms with van der Waals surface area (Å²) >= 11 is 0. The fourth-order valence-electron chi connectivity index (χ4n) is 1.64. The molecule has 7 nitrogen and oxygen atoms in total. The second-order valence-electron chi connectivity index (χ2n) is 4.03. The fraction of sp³-hybridized carbons (Fsp3) is 0.0714. The van der Waals surface area contributed by atoms with Crippen LogP contribution in [0.5, 0.6) is 0 Å². The third-order valence-corrected chi connectivity index (χ3v) is 2.60. The monoisotopic (exact) mass is 281 g/mol. The van der Waals surface area contributed by atoms with Gasteiger partial charge in [0.15, 0.2) is 5.69 Å². The first-order valence-corrected chi connectivity index (χ1v) is 5.91. The van der Waals surface area contributed by atoms with Crippen LogP contribution in [0, 0.1) is 11.3 Å². The molecule has 1 heterocycles. The molecule has 0 unspecified atom stereocenters. The lowest BCUT2D eigenvalue weighted by molar-refractivity contribution is -0.255. The van der Waals surface area contributed by atoms with Crippen molar-refractivity contribution in [1.82, 2.24) is 9.97 Å². The maximum atomic E-state index is 12.0. The minimum Gasteiger partial charge on any atom is -0.543 e. The number of carbonyl (C=O) groups excluding carboxylic acids is 2. The molecule has 21 heavy (non-hydrogen) atoms. The van der Waals surface area contributed by atoms with Gasteiger partial charge in [-0.25, -0.2) is 4.98 Å². The molecule has 0 aliphatic heterocycles. The van der Waals surface area contributed by atoms with Crippen LogP contribution in [0.4, 0.5) is 5.69 Å². The molecule has 0 aliphatic rings. The smallest absolute Gasteiger partial charge is 0.276 e. The molecule has 1 aromatic carbocycles. The van der Waals surface area contributed by atoms with Gasteiger partial charge in [0.1, 0.15) is 5.69 Å². The summed E-state index contributed by atoms with van der Waals surface area (Å²) in [4.78, 5) is 30.1. The number of aromatic carboxylic acids is 1. The predicted octanol–water partition coefficient (Wildman–Crippen LogP) is 0.158. The van der Waals surface area contributed by atoms with E-state index >= 15 is 0 Å². The Morgan fingerprint density at radius 3 is 2.33 bits per heavy atom. The first-order chi connectivity index (χ1) is 10.1. The summed E-state index contributed by atoms with van der Waals surface area (Å²) < 4.78 is 0. The van der Waals surface area contributed by atoms with E-state index in [2.05, 4.69) is 15.3 Å². The number of hydrogen-bond acceptors (Lipinski definition) is 6. The lowest BCUT2D eigenvalue weighted by Crippen LogP contribution is -2.28. The van der Waals surface area contributed by atoms with Crippen molar-refractivity contribution in [3.63, 3.8) is 0 Å². The van der Waals surface area contributed by atoms with Gasteiger partial charge >= 0.3 is 0 Å². The molecule has 7 heteroatoms. The number of carboxylic acids is 1. The molecule has 0 bridgehead atoms. The highest BCUT2D eigenvalue weighted by Gasteiger charge is 2.14. The zero-order valence-corrected chi connectivity index (χ0v) is 10.7. The SMILES string of the molecule is N#CCc1ccc(NC(=O)c2nccnc2C(=O)[O-])cc1. The minimum atomic E-state index is -1.57. The van der Waals surface area contributed by atoms with E-state index in [0.29, 0.717) is 5.69 Å². The number of amides is 1. The Kier molecular flexibility index (Phi) is 4.21. The lowest BCUT2D eigenvalue weighted by atomic mass is 10.1. The molecule has 2 aromatic rings. The maximum absolute atomic E-state index is 12.0. The van der Waals surface area contributed by atoms with Crippen LogP contribution in [0.15, 0.2) is 36.7 Å². The zero-order valence-electron chi connectivity index (χ0n) is 10.7. The summed E-state index contributed by atoms with van der Waals surface area (Å²) in [5, 5.41) is 21.9. The molecule has 0 aliphatic carbocycles. The van der Waals surface area contributed by atoms with E-state index in [1.165, 1.54) is 12.4 Å². The summed E-state index contributed by atoms with van der Waals surface area (Å²) in [5.74, 6) is -2.27. The summed E-state index contributed by atoms with van der Waals surface area (Å²) in [6.45, 7) is 0. The highest BCUT2D eigenvalue weighted by Crippen LogP contribution is 2.12. The van der Waals surface area contributed by atoms with Crippen LogP contribution >= 0.6 is 0 Å². The molecule has 1 amide bonds. The Bertz CT molecular complexity index is 720. The summed E-state index contributed by atoms with van der Waals surface area (Å²) in [6.07, 6.45) is 2.66. The van der Waals surface area contributed by atoms with Crippen LogP contribution < -0.4 is 10.4 Å². The van der Waals surface area contributed by atoms with Gasteiger partial charge in [-0.15, -0.1) is 0 Å². The van der Waals surface area contributed by atoms with Crippen molar-refractivity contribution in [1.29, 1.82) is 5.26 Å². The number of aromatic nitrogens is 2. The van der Waals surface area contributed by atoms with Crippen molar-refractivity contribution >= 4 is 17.6 Å². The largest absolute Gasteiger partial charge is 0.543 e. The average Bonchev–Trinajstić information content (AvgIpc) is 2.49. The molecule has 0 radical (unpaired) electrons. The van der Waals surface area contributed by atoms with E-state index in [1.54, 1.807) is 24.3 Å². The fourth-order valence-corrected chi connectivity index (χ4v) is 1.64. The van der Waals surface area contributed by atoms with E-state index in [9.17, 15) is 14.7 Å². The number of hydrogen-bond donors (Lipinski definition) is 1. The Hall–Kier alpha value is -3.27. The highest BCUT2D eigenvalue weighted by atomic mass is 16.4. The van der Waals surface area contributed by atoms with E-state index in [4.69, 9.17) is 5.26 Å².